The van der Waals surface area contributed by atoms with Crippen LogP contribution in [0.1, 0.15) is 31.7 Å². The highest BCUT2D eigenvalue weighted by Gasteiger charge is 2.14. The van der Waals surface area contributed by atoms with Crippen LogP contribution < -0.4 is 11.1 Å². The third-order valence-electron chi connectivity index (χ3n) is 3.23. The predicted octanol–water partition coefficient (Wildman–Crippen LogP) is 1.97. The molecule has 0 aromatic heterocycles. The monoisotopic (exact) mass is 308 g/mol. The van der Waals surface area contributed by atoms with E-state index in [0.29, 0.717) is 12.8 Å². The summed E-state index contributed by atoms with van der Waals surface area (Å²) in [5, 5.41) is 2.75. The van der Waals surface area contributed by atoms with Gasteiger partial charge < -0.3 is 20.5 Å². The number of ether oxygens (including phenoxy) is 2. The zero-order valence-electron chi connectivity index (χ0n) is 13.1. The van der Waals surface area contributed by atoms with E-state index in [4.69, 9.17) is 10.5 Å². The summed E-state index contributed by atoms with van der Waals surface area (Å²) < 4.78 is 9.69. The lowest BCUT2D eigenvalue weighted by Crippen LogP contribution is -2.34. The second-order valence-electron chi connectivity index (χ2n) is 5.17. The van der Waals surface area contributed by atoms with E-state index in [0.717, 1.165) is 12.0 Å². The number of carbonyl (C=O) groups is 2. The second kappa shape index (κ2) is 9.78. The van der Waals surface area contributed by atoms with Crippen molar-refractivity contribution in [2.75, 3.05) is 7.11 Å². The van der Waals surface area contributed by atoms with Crippen molar-refractivity contribution >= 4 is 12.1 Å². The number of hydrogen-bond donors (Lipinski definition) is 2. The molecule has 0 aliphatic heterocycles. The van der Waals surface area contributed by atoms with Gasteiger partial charge in [-0.2, -0.15) is 0 Å². The van der Waals surface area contributed by atoms with Crippen molar-refractivity contribution in [2.45, 2.75) is 44.9 Å². The molecular formula is C16H24N2O4. The van der Waals surface area contributed by atoms with Gasteiger partial charge in [-0.15, -0.1) is 0 Å². The number of methoxy groups -OCH3 is 1. The number of amides is 1. The molecule has 0 saturated carbocycles. The largest absolute Gasteiger partial charge is 0.468 e. The van der Waals surface area contributed by atoms with Crippen molar-refractivity contribution in [1.29, 1.82) is 0 Å². The maximum atomic E-state index is 11.6. The smallest absolute Gasteiger partial charge is 0.407 e. The Hall–Kier alpha value is -2.08. The number of nitrogens with one attached hydrogen (secondary N) is 1. The number of alkyl carbamates (subject to hydrolysis) is 1. The quantitative estimate of drug-likeness (QED) is 0.717. The van der Waals surface area contributed by atoms with Crippen molar-refractivity contribution < 1.29 is 19.1 Å². The molecule has 0 aliphatic carbocycles. The summed E-state index contributed by atoms with van der Waals surface area (Å²) in [5.41, 5.74) is 6.58. The fourth-order valence-electron chi connectivity index (χ4n) is 1.95. The van der Waals surface area contributed by atoms with Crippen LogP contribution in [0.15, 0.2) is 30.3 Å². The summed E-state index contributed by atoms with van der Waals surface area (Å²) in [6.07, 6.45) is 1.51. The van der Waals surface area contributed by atoms with Gasteiger partial charge in [-0.25, -0.2) is 4.79 Å². The van der Waals surface area contributed by atoms with E-state index in [9.17, 15) is 9.59 Å². The topological polar surface area (TPSA) is 90.6 Å². The molecule has 2 atom stereocenters. The molecule has 6 nitrogen and oxygen atoms in total. The minimum atomic E-state index is -0.609. The molecule has 1 aromatic rings. The maximum Gasteiger partial charge on any atom is 0.407 e. The van der Waals surface area contributed by atoms with Crippen LogP contribution in [-0.2, 0) is 20.9 Å². The Labute approximate surface area is 131 Å². The summed E-state index contributed by atoms with van der Waals surface area (Å²) in [4.78, 5) is 22.8. The minimum Gasteiger partial charge on any atom is -0.468 e. The summed E-state index contributed by atoms with van der Waals surface area (Å²) in [7, 11) is 1.31. The Kier molecular flexibility index (Phi) is 7.99. The fourth-order valence-corrected chi connectivity index (χ4v) is 1.95. The van der Waals surface area contributed by atoms with Crippen LogP contribution in [-0.4, -0.2) is 31.3 Å². The molecule has 1 aromatic carbocycles. The van der Waals surface area contributed by atoms with E-state index in [1.807, 2.05) is 37.3 Å². The van der Waals surface area contributed by atoms with Gasteiger partial charge in [0.2, 0.25) is 0 Å². The molecule has 122 valence electrons. The maximum absolute atomic E-state index is 11.6. The average molecular weight is 308 g/mol. The molecule has 1 amide bonds. The molecule has 6 heteroatoms. The zero-order chi connectivity index (χ0) is 16.4. The standard InChI is InChI=1S/C16H24N2O4/c1-12(7-6-10-14(17)15(19)21-2)18-16(20)22-11-13-8-4-3-5-9-13/h3-5,8-9,12,14H,6-7,10-11,17H2,1-2H3,(H,18,20)/t12?,14-/m0/s1. The average Bonchev–Trinajstić information content (AvgIpc) is 2.53. The molecule has 1 rings (SSSR count). The van der Waals surface area contributed by atoms with Gasteiger partial charge in [-0.3, -0.25) is 4.79 Å². The highest BCUT2D eigenvalue weighted by molar-refractivity contribution is 5.75. The Morgan fingerprint density at radius 2 is 1.91 bits per heavy atom. The predicted molar refractivity (Wildman–Crippen MR) is 83.1 cm³/mol. The van der Waals surface area contributed by atoms with Crippen molar-refractivity contribution in [1.82, 2.24) is 5.32 Å². The van der Waals surface area contributed by atoms with Crippen LogP contribution in [0.2, 0.25) is 0 Å². The number of carbonyl (C=O) groups excluding carboxylic acids is 2. The highest BCUT2D eigenvalue weighted by atomic mass is 16.5. The Balaban J connectivity index is 2.17. The summed E-state index contributed by atoms with van der Waals surface area (Å²) in [5.74, 6) is -0.414. The molecule has 1 unspecified atom stereocenters. The van der Waals surface area contributed by atoms with Crippen LogP contribution >= 0.6 is 0 Å². The van der Waals surface area contributed by atoms with Crippen LogP contribution in [0.3, 0.4) is 0 Å². The van der Waals surface area contributed by atoms with E-state index in [1.54, 1.807) is 0 Å². The number of hydrogen-bond acceptors (Lipinski definition) is 5. The first-order chi connectivity index (χ1) is 10.5. The molecule has 0 spiro atoms. The number of esters is 1. The Bertz CT molecular complexity index is 464. The van der Waals surface area contributed by atoms with E-state index >= 15 is 0 Å². The van der Waals surface area contributed by atoms with E-state index in [1.165, 1.54) is 7.11 Å². The van der Waals surface area contributed by atoms with Gasteiger partial charge in [0, 0.05) is 6.04 Å². The van der Waals surface area contributed by atoms with Crippen molar-refractivity contribution in [3.8, 4) is 0 Å². The van der Waals surface area contributed by atoms with Crippen molar-refractivity contribution in [2.24, 2.45) is 5.73 Å². The van der Waals surface area contributed by atoms with Gasteiger partial charge >= 0.3 is 12.1 Å². The number of rotatable bonds is 8. The molecule has 3 N–H and O–H groups in total. The molecule has 0 fully saturated rings. The Morgan fingerprint density at radius 1 is 1.23 bits per heavy atom. The zero-order valence-corrected chi connectivity index (χ0v) is 13.1. The van der Waals surface area contributed by atoms with Gasteiger partial charge in [-0.05, 0) is 31.7 Å². The van der Waals surface area contributed by atoms with E-state index in [2.05, 4.69) is 10.1 Å². The lowest BCUT2D eigenvalue weighted by Gasteiger charge is -2.15. The molecule has 0 radical (unpaired) electrons. The van der Waals surface area contributed by atoms with Crippen molar-refractivity contribution in [3.05, 3.63) is 35.9 Å². The molecule has 0 heterocycles. The molecular weight excluding hydrogens is 284 g/mol. The first-order valence-electron chi connectivity index (χ1n) is 7.33. The minimum absolute atomic E-state index is 0.0480. The van der Waals surface area contributed by atoms with Gasteiger partial charge in [0.15, 0.2) is 0 Å². The van der Waals surface area contributed by atoms with Gasteiger partial charge in [-0.1, -0.05) is 30.3 Å². The van der Waals surface area contributed by atoms with Crippen LogP contribution in [0, 0.1) is 0 Å². The molecule has 0 bridgehead atoms. The van der Waals surface area contributed by atoms with Crippen LogP contribution in [0.25, 0.3) is 0 Å². The van der Waals surface area contributed by atoms with Crippen molar-refractivity contribution in [3.63, 3.8) is 0 Å². The Morgan fingerprint density at radius 3 is 2.55 bits per heavy atom. The molecule has 22 heavy (non-hydrogen) atoms. The molecule has 0 saturated heterocycles. The lowest BCUT2D eigenvalue weighted by atomic mass is 10.1. The SMILES string of the molecule is COC(=O)[C@@H](N)CCCC(C)NC(=O)OCc1ccccc1. The van der Waals surface area contributed by atoms with Gasteiger partial charge in [0.25, 0.3) is 0 Å². The summed E-state index contributed by atoms with van der Waals surface area (Å²) >= 11 is 0. The fraction of sp³-hybridized carbons (Fsp3) is 0.500. The molecule has 0 aliphatic rings. The summed E-state index contributed by atoms with van der Waals surface area (Å²) in [6.45, 7) is 2.13. The second-order valence-corrected chi connectivity index (χ2v) is 5.17. The van der Waals surface area contributed by atoms with Crippen LogP contribution in [0.5, 0.6) is 0 Å². The van der Waals surface area contributed by atoms with E-state index < -0.39 is 18.1 Å². The lowest BCUT2D eigenvalue weighted by molar-refractivity contribution is -0.142. The van der Waals surface area contributed by atoms with E-state index in [-0.39, 0.29) is 12.6 Å². The first kappa shape index (κ1) is 18.0. The van der Waals surface area contributed by atoms with Crippen LogP contribution in [0.4, 0.5) is 4.79 Å². The van der Waals surface area contributed by atoms with Gasteiger partial charge in [0.05, 0.1) is 7.11 Å². The summed E-state index contributed by atoms with van der Waals surface area (Å²) in [6, 6.07) is 8.82. The highest BCUT2D eigenvalue weighted by Crippen LogP contribution is 2.05. The van der Waals surface area contributed by atoms with Gasteiger partial charge in [0.1, 0.15) is 12.6 Å². The number of benzene rings is 1. The third-order valence-corrected chi connectivity index (χ3v) is 3.23. The normalized spacial score (nSPS) is 13.0. The third kappa shape index (κ3) is 7.08. The first-order valence-corrected chi connectivity index (χ1v) is 7.33. The number of nitrogens with two attached hydrogens (primary N) is 1.